The number of pyridine rings is 2. The molecule has 0 aliphatic carbocycles. The van der Waals surface area contributed by atoms with Gasteiger partial charge in [-0.25, -0.2) is 18.6 Å². The number of imidazole rings is 1. The fourth-order valence-corrected chi connectivity index (χ4v) is 5.01. The van der Waals surface area contributed by atoms with Gasteiger partial charge >= 0.3 is 5.69 Å². The van der Waals surface area contributed by atoms with Crippen molar-refractivity contribution in [2.24, 2.45) is 5.73 Å². The monoisotopic (exact) mass is 486 g/mol. The quantitative estimate of drug-likeness (QED) is 0.345. The standard InChI is InChI=1S/C27H24F2N6O/c1-14-8-15(10-17(28)9-14)19-13-31-22-3-2-21(16-11-20(29)24-23(12-16)33-27(36)34-24)32-25(22)26(19)35-6-4-18(30)5-7-35/h2-3,8-13,18H,4-7,30H2,1H3,(H2,33,34,36). The van der Waals surface area contributed by atoms with Gasteiger partial charge in [0, 0.05) is 36.5 Å². The van der Waals surface area contributed by atoms with E-state index in [9.17, 15) is 13.6 Å². The molecular formula is C27H24F2N6O. The molecule has 0 saturated carbocycles. The van der Waals surface area contributed by atoms with Crippen molar-refractivity contribution in [3.8, 4) is 22.4 Å². The number of hydrogen-bond donors (Lipinski definition) is 3. The van der Waals surface area contributed by atoms with Crippen LogP contribution < -0.4 is 16.3 Å². The average molecular weight is 487 g/mol. The minimum absolute atomic E-state index is 0.125. The lowest BCUT2D eigenvalue weighted by atomic mass is 9.98. The summed E-state index contributed by atoms with van der Waals surface area (Å²) in [5.74, 6) is -0.863. The molecule has 1 aliphatic heterocycles. The number of benzene rings is 2. The van der Waals surface area contributed by atoms with Crippen molar-refractivity contribution < 1.29 is 8.78 Å². The van der Waals surface area contributed by atoms with Gasteiger partial charge in [0.05, 0.1) is 22.4 Å². The van der Waals surface area contributed by atoms with E-state index in [-0.39, 0.29) is 17.4 Å². The summed E-state index contributed by atoms with van der Waals surface area (Å²) >= 11 is 0. The number of aromatic nitrogens is 4. The van der Waals surface area contributed by atoms with E-state index in [0.717, 1.165) is 48.3 Å². The average Bonchev–Trinajstić information content (AvgIpc) is 3.24. The zero-order chi connectivity index (χ0) is 25.0. The van der Waals surface area contributed by atoms with Gasteiger partial charge in [-0.1, -0.05) is 6.07 Å². The first-order valence-corrected chi connectivity index (χ1v) is 11.9. The minimum atomic E-state index is -0.546. The molecule has 2 aromatic carbocycles. The lowest BCUT2D eigenvalue weighted by molar-refractivity contribution is 0.502. The molecule has 0 amide bonds. The van der Waals surface area contributed by atoms with Crippen molar-refractivity contribution in [2.75, 3.05) is 18.0 Å². The first kappa shape index (κ1) is 22.4. The summed E-state index contributed by atoms with van der Waals surface area (Å²) in [5.41, 5.74) is 11.7. The van der Waals surface area contributed by atoms with Crippen LogP contribution >= 0.6 is 0 Å². The molecule has 0 unspecified atom stereocenters. The molecule has 1 fully saturated rings. The predicted octanol–water partition coefficient (Wildman–Crippen LogP) is 4.65. The first-order valence-electron chi connectivity index (χ1n) is 11.9. The van der Waals surface area contributed by atoms with E-state index in [1.165, 1.54) is 18.2 Å². The Labute approximate surface area is 205 Å². The number of nitrogens with one attached hydrogen (secondary N) is 2. The van der Waals surface area contributed by atoms with E-state index in [2.05, 4.69) is 19.9 Å². The molecule has 36 heavy (non-hydrogen) atoms. The highest BCUT2D eigenvalue weighted by Gasteiger charge is 2.24. The van der Waals surface area contributed by atoms with Gasteiger partial charge in [0.1, 0.15) is 22.7 Å². The van der Waals surface area contributed by atoms with E-state index in [1.54, 1.807) is 18.3 Å². The normalized spacial score (nSPS) is 14.7. The summed E-state index contributed by atoms with van der Waals surface area (Å²) in [4.78, 5) is 28.5. The van der Waals surface area contributed by atoms with E-state index in [1.807, 2.05) is 19.1 Å². The Kier molecular flexibility index (Phi) is 5.30. The summed E-state index contributed by atoms with van der Waals surface area (Å²) in [6.45, 7) is 3.32. The number of nitrogens with zero attached hydrogens (tertiary/aromatic N) is 3. The van der Waals surface area contributed by atoms with Crippen molar-refractivity contribution in [2.45, 2.75) is 25.8 Å². The largest absolute Gasteiger partial charge is 0.369 e. The van der Waals surface area contributed by atoms with Gasteiger partial charge in [-0.2, -0.15) is 0 Å². The van der Waals surface area contributed by atoms with Crippen LogP contribution in [0.1, 0.15) is 18.4 Å². The predicted molar refractivity (Wildman–Crippen MR) is 137 cm³/mol. The molecule has 9 heteroatoms. The summed E-state index contributed by atoms with van der Waals surface area (Å²) < 4.78 is 29.1. The Morgan fingerprint density at radius 3 is 2.61 bits per heavy atom. The van der Waals surface area contributed by atoms with Crippen LogP contribution in [0.2, 0.25) is 0 Å². The maximum absolute atomic E-state index is 14.7. The van der Waals surface area contributed by atoms with Crippen molar-refractivity contribution in [3.63, 3.8) is 0 Å². The lowest BCUT2D eigenvalue weighted by Crippen LogP contribution is -2.40. The second-order valence-electron chi connectivity index (χ2n) is 9.39. The summed E-state index contributed by atoms with van der Waals surface area (Å²) in [5, 5.41) is 0. The van der Waals surface area contributed by atoms with Crippen LogP contribution in [-0.4, -0.2) is 39.1 Å². The van der Waals surface area contributed by atoms with Gasteiger partial charge in [-0.15, -0.1) is 0 Å². The second kappa shape index (κ2) is 8.53. The molecule has 0 bridgehead atoms. The van der Waals surface area contributed by atoms with Gasteiger partial charge in [-0.05, 0) is 67.3 Å². The molecule has 1 aliphatic rings. The molecule has 4 heterocycles. The molecule has 7 nitrogen and oxygen atoms in total. The number of anilines is 1. The van der Waals surface area contributed by atoms with E-state index in [0.29, 0.717) is 27.8 Å². The van der Waals surface area contributed by atoms with Gasteiger partial charge < -0.3 is 20.6 Å². The third-order valence-corrected chi connectivity index (χ3v) is 6.77. The minimum Gasteiger partial charge on any atom is -0.369 e. The van der Waals surface area contributed by atoms with E-state index >= 15 is 0 Å². The number of nitrogens with two attached hydrogens (primary N) is 1. The van der Waals surface area contributed by atoms with Gasteiger partial charge in [0.25, 0.3) is 0 Å². The van der Waals surface area contributed by atoms with Gasteiger partial charge in [-0.3, -0.25) is 4.98 Å². The zero-order valence-electron chi connectivity index (χ0n) is 19.6. The van der Waals surface area contributed by atoms with Crippen molar-refractivity contribution in [1.29, 1.82) is 0 Å². The summed E-state index contributed by atoms with van der Waals surface area (Å²) in [6, 6.07) is 11.7. The van der Waals surface area contributed by atoms with Crippen molar-refractivity contribution >= 4 is 27.8 Å². The number of H-pyrrole nitrogens is 2. The molecule has 0 radical (unpaired) electrons. The van der Waals surface area contributed by atoms with Crippen molar-refractivity contribution in [3.05, 3.63) is 76.3 Å². The molecule has 6 rings (SSSR count). The summed E-state index contributed by atoms with van der Waals surface area (Å²) in [6.07, 6.45) is 3.42. The van der Waals surface area contributed by atoms with Crippen LogP contribution in [0.4, 0.5) is 14.5 Å². The number of piperidine rings is 1. The van der Waals surface area contributed by atoms with Crippen LogP contribution in [0, 0.1) is 18.6 Å². The maximum Gasteiger partial charge on any atom is 0.323 e. The second-order valence-corrected chi connectivity index (χ2v) is 9.39. The number of rotatable bonds is 3. The third-order valence-electron chi connectivity index (χ3n) is 6.77. The van der Waals surface area contributed by atoms with E-state index in [4.69, 9.17) is 10.7 Å². The molecule has 1 saturated heterocycles. The van der Waals surface area contributed by atoms with Gasteiger partial charge in [0.15, 0.2) is 0 Å². The molecular weight excluding hydrogens is 462 g/mol. The maximum atomic E-state index is 14.7. The summed E-state index contributed by atoms with van der Waals surface area (Å²) in [7, 11) is 0. The Morgan fingerprint density at radius 1 is 1.03 bits per heavy atom. The molecule has 0 spiro atoms. The Bertz CT molecular complexity index is 1660. The number of aryl methyl sites for hydroxylation is 1. The number of hydrogen-bond acceptors (Lipinski definition) is 5. The molecule has 5 aromatic rings. The van der Waals surface area contributed by atoms with Crippen LogP contribution in [-0.2, 0) is 0 Å². The fourth-order valence-electron chi connectivity index (χ4n) is 5.01. The highest BCUT2D eigenvalue weighted by Crippen LogP contribution is 2.38. The molecule has 3 aromatic heterocycles. The number of halogens is 2. The topological polar surface area (TPSA) is 104 Å². The number of aromatic amines is 2. The highest BCUT2D eigenvalue weighted by atomic mass is 19.1. The first-order chi connectivity index (χ1) is 17.4. The third kappa shape index (κ3) is 3.91. The van der Waals surface area contributed by atoms with Crippen LogP contribution in [0.15, 0.2) is 53.5 Å². The Hall–Kier alpha value is -4.11. The Morgan fingerprint density at radius 2 is 1.83 bits per heavy atom. The fraction of sp³-hybridized carbons (Fsp3) is 0.222. The molecule has 4 N–H and O–H groups in total. The van der Waals surface area contributed by atoms with E-state index < -0.39 is 11.5 Å². The van der Waals surface area contributed by atoms with Crippen LogP contribution in [0.3, 0.4) is 0 Å². The van der Waals surface area contributed by atoms with Crippen LogP contribution in [0.25, 0.3) is 44.5 Å². The number of fused-ring (bicyclic) bond motifs is 2. The van der Waals surface area contributed by atoms with Gasteiger partial charge in [0.2, 0.25) is 0 Å². The Balaban J connectivity index is 1.58. The molecule has 0 atom stereocenters. The zero-order valence-corrected chi connectivity index (χ0v) is 19.6. The molecule has 182 valence electrons. The van der Waals surface area contributed by atoms with Crippen molar-refractivity contribution in [1.82, 2.24) is 19.9 Å². The highest BCUT2D eigenvalue weighted by molar-refractivity contribution is 5.98. The van der Waals surface area contributed by atoms with Crippen LogP contribution in [0.5, 0.6) is 0 Å². The smallest absolute Gasteiger partial charge is 0.323 e. The SMILES string of the molecule is Cc1cc(F)cc(-c2cnc3ccc(-c4cc(F)c5[nH]c(=O)[nH]c5c4)nc3c2N2CCC(N)CC2)c1. The lowest BCUT2D eigenvalue weighted by Gasteiger charge is -2.34.